The first kappa shape index (κ1) is 55.2. The normalized spacial score (nSPS) is 28.9. The minimum absolute atomic E-state index is 0.0123. The van der Waals surface area contributed by atoms with Crippen molar-refractivity contribution in [1.29, 1.82) is 0 Å². The van der Waals surface area contributed by atoms with Crippen LogP contribution in [0.2, 0.25) is 0 Å². The van der Waals surface area contributed by atoms with Gasteiger partial charge in [0.15, 0.2) is 36.1 Å². The van der Waals surface area contributed by atoms with E-state index in [1.807, 2.05) is 23.0 Å². The summed E-state index contributed by atoms with van der Waals surface area (Å²) in [5, 5.41) is 88.3. The second-order valence-corrected chi connectivity index (χ2v) is 20.1. The number of aliphatic hydroxyl groups excluding tert-OH is 5. The number of fused-ring (bicyclic) bond motifs is 1. The minimum atomic E-state index is -1.72. The molecule has 0 radical (unpaired) electrons. The average Bonchev–Trinajstić information content (AvgIpc) is 4.04. The number of aliphatic carboxylic acids is 1. The third-order valence-corrected chi connectivity index (χ3v) is 14.8. The summed E-state index contributed by atoms with van der Waals surface area (Å²) < 4.78 is 41.0. The van der Waals surface area contributed by atoms with E-state index in [4.69, 9.17) is 28.4 Å². The number of nitro benzene ring substituents is 1. The standard InChI is InChI=1S/C52H68N6O17/c1-29-23-34(48(64)53-19-9-15-35-27-57(55-54-35)21-10-20-56-22-18-33-25-36(58(68)69)16-17-37(33)56)26-38(45(29)75-51-44(63)43(62)41(60)30(2)70-51)72-52-47(74-50(67)32-13-7-4-8-14-32)46(42(61)40(28-59)73-52)71-39(49(65)66)24-31-11-5-3-6-12-31/h4,7-8,13-14,16-18,22,25,27,29-31,34,38-39,41,43-47,51-52,59-63H,3,5-6,9-12,15,19-21,23-24,26,28H2,1-2H3,(H,53,64)(H,65,66)/t29?,30?,34?,38-,39+,41-,43?,44?,45?,46?,47?,51+,52?/m1/s1. The zero-order chi connectivity index (χ0) is 53.3. The van der Waals surface area contributed by atoms with E-state index < -0.39 is 114 Å². The number of hydrogen-bond donors (Lipinski definition) is 7. The van der Waals surface area contributed by atoms with Crippen molar-refractivity contribution in [3.8, 4) is 0 Å². The van der Waals surface area contributed by atoms with Crippen molar-refractivity contribution in [2.45, 2.75) is 165 Å². The number of aliphatic hydroxyl groups is 5. The molecule has 0 spiro atoms. The topological polar surface area (TPSA) is 319 Å². The van der Waals surface area contributed by atoms with Crippen molar-refractivity contribution in [3.63, 3.8) is 0 Å². The molecule has 23 nitrogen and oxygen atoms in total. The van der Waals surface area contributed by atoms with E-state index in [-0.39, 0.29) is 48.9 Å². The van der Waals surface area contributed by atoms with Crippen molar-refractivity contribution in [2.75, 3.05) is 13.2 Å². The predicted molar refractivity (Wildman–Crippen MR) is 263 cm³/mol. The number of hydrogen-bond acceptors (Lipinski definition) is 18. The van der Waals surface area contributed by atoms with E-state index in [1.54, 1.807) is 41.9 Å². The Labute approximate surface area is 432 Å². The quantitative estimate of drug-likeness (QED) is 0.0252. The Morgan fingerprint density at radius 1 is 0.933 bits per heavy atom. The van der Waals surface area contributed by atoms with Gasteiger partial charge in [0, 0.05) is 61.0 Å². The molecule has 8 rings (SSSR count). The summed E-state index contributed by atoms with van der Waals surface area (Å²) in [6, 6.07) is 14.5. The Bertz CT molecular complexity index is 2600. The zero-order valence-electron chi connectivity index (χ0n) is 42.0. The van der Waals surface area contributed by atoms with Gasteiger partial charge >= 0.3 is 11.9 Å². The Balaban J connectivity index is 0.962. The maximum atomic E-state index is 14.1. The molecule has 1 amide bonds. The number of non-ortho nitro benzene ring substituents is 1. The van der Waals surface area contributed by atoms with Gasteiger partial charge in [0.05, 0.1) is 34.5 Å². The highest BCUT2D eigenvalue weighted by Crippen LogP contribution is 2.40. The summed E-state index contributed by atoms with van der Waals surface area (Å²) >= 11 is 0. The number of aryl methyl sites for hydroxylation is 3. The maximum absolute atomic E-state index is 14.1. The molecular weight excluding hydrogens is 981 g/mol. The second kappa shape index (κ2) is 25.2. The van der Waals surface area contributed by atoms with E-state index in [1.165, 1.54) is 25.1 Å². The number of amides is 1. The van der Waals surface area contributed by atoms with Gasteiger partial charge in [0.2, 0.25) is 12.2 Å². The van der Waals surface area contributed by atoms with Gasteiger partial charge in [0.1, 0.15) is 24.9 Å². The van der Waals surface area contributed by atoms with Crippen LogP contribution >= 0.6 is 0 Å². The van der Waals surface area contributed by atoms with Crippen LogP contribution in [-0.2, 0) is 57.5 Å². The number of nitrogens with one attached hydrogen (secondary N) is 1. The van der Waals surface area contributed by atoms with E-state index in [2.05, 4.69) is 15.6 Å². The lowest BCUT2D eigenvalue weighted by Gasteiger charge is -2.46. The molecule has 2 aromatic carbocycles. The van der Waals surface area contributed by atoms with Gasteiger partial charge in [-0.2, -0.15) is 0 Å². The fourth-order valence-electron chi connectivity index (χ4n) is 10.7. The molecule has 2 saturated carbocycles. The molecule has 2 aliphatic carbocycles. The molecule has 3 fully saturated rings. The summed E-state index contributed by atoms with van der Waals surface area (Å²) in [7, 11) is 0. The SMILES string of the molecule is CC1CC(C(=O)NCCCc2cn(CCCn3ccc4cc([N+](=O)[O-])ccc43)nn2)C[C@@H](OC2OC(CO)=C(O)C(O[C@@H](CC3CCCCC3)C(=O)O)C2OC(=O)c2ccccc2)C1O[C@@H]1OC(C)[C@@H](O)C(O)C1O. The first-order valence-corrected chi connectivity index (χ1v) is 25.8. The monoisotopic (exact) mass is 1050 g/mol. The highest BCUT2D eigenvalue weighted by molar-refractivity contribution is 5.89. The van der Waals surface area contributed by atoms with Crippen LogP contribution < -0.4 is 5.32 Å². The van der Waals surface area contributed by atoms with E-state index in [0.717, 1.165) is 55.1 Å². The second-order valence-electron chi connectivity index (χ2n) is 20.1. The number of nitrogens with zero attached hydrogens (tertiary/aromatic N) is 5. The molecular formula is C52H68N6O17. The number of nitro groups is 1. The molecule has 23 heteroatoms. The molecule has 1 saturated heterocycles. The molecule has 408 valence electrons. The third kappa shape index (κ3) is 13.5. The zero-order valence-corrected chi connectivity index (χ0v) is 42.0. The fourth-order valence-corrected chi connectivity index (χ4v) is 10.7. The predicted octanol–water partition coefficient (Wildman–Crippen LogP) is 4.08. The van der Waals surface area contributed by atoms with Gasteiger partial charge in [-0.15, -0.1) is 5.10 Å². The number of esters is 1. The first-order chi connectivity index (χ1) is 36.1. The number of benzene rings is 2. The number of carbonyl (C=O) groups excluding carboxylic acids is 2. The van der Waals surface area contributed by atoms with Crippen LogP contribution in [0.4, 0.5) is 5.69 Å². The molecule has 4 aromatic rings. The van der Waals surface area contributed by atoms with E-state index >= 15 is 0 Å². The summed E-state index contributed by atoms with van der Waals surface area (Å²) in [5.41, 5.74) is 1.76. The first-order valence-electron chi connectivity index (χ1n) is 25.8. The highest BCUT2D eigenvalue weighted by Gasteiger charge is 2.52. The third-order valence-electron chi connectivity index (χ3n) is 14.8. The van der Waals surface area contributed by atoms with Crippen LogP contribution in [-0.4, -0.2) is 154 Å². The summed E-state index contributed by atoms with van der Waals surface area (Å²) in [6.07, 6.45) is -5.76. The van der Waals surface area contributed by atoms with E-state index in [9.17, 15) is 55.1 Å². The summed E-state index contributed by atoms with van der Waals surface area (Å²) in [6.45, 7) is 3.91. The molecule has 4 aliphatic rings. The van der Waals surface area contributed by atoms with Gasteiger partial charge < -0.3 is 68.9 Å². The lowest BCUT2D eigenvalue weighted by atomic mass is 9.77. The molecule has 0 bridgehead atoms. The number of carboxylic acids is 1. The van der Waals surface area contributed by atoms with Crippen LogP contribution in [0.3, 0.4) is 0 Å². The van der Waals surface area contributed by atoms with Crippen LogP contribution in [0, 0.1) is 27.9 Å². The number of aromatic nitrogens is 4. The number of rotatable bonds is 22. The Morgan fingerprint density at radius 3 is 2.44 bits per heavy atom. The van der Waals surface area contributed by atoms with Gasteiger partial charge in [-0.05, 0) is 81.5 Å². The Hall–Kier alpha value is -6.05. The van der Waals surface area contributed by atoms with Crippen LogP contribution in [0.5, 0.6) is 0 Å². The Morgan fingerprint density at radius 2 is 1.71 bits per heavy atom. The lowest BCUT2D eigenvalue weighted by molar-refractivity contribution is -0.384. The number of ether oxygens (including phenoxy) is 6. The molecule has 2 aromatic heterocycles. The van der Waals surface area contributed by atoms with Crippen molar-refractivity contribution >= 4 is 34.4 Å². The average molecular weight is 1050 g/mol. The van der Waals surface area contributed by atoms with Gasteiger partial charge in [-0.25, -0.2) is 9.59 Å². The fraction of sp³-hybridized carbons (Fsp3) is 0.596. The molecule has 13 atom stereocenters. The molecule has 4 heterocycles. The van der Waals surface area contributed by atoms with Gasteiger partial charge in [-0.3, -0.25) is 19.6 Å². The van der Waals surface area contributed by atoms with Crippen LogP contribution in [0.25, 0.3) is 10.9 Å². The van der Waals surface area contributed by atoms with Crippen molar-refractivity contribution < 1.29 is 78.4 Å². The molecule has 9 unspecified atom stereocenters. The largest absolute Gasteiger partial charge is 0.506 e. The summed E-state index contributed by atoms with van der Waals surface area (Å²) in [5.74, 6) is -4.89. The smallest absolute Gasteiger partial charge is 0.338 e. The van der Waals surface area contributed by atoms with E-state index in [0.29, 0.717) is 25.9 Å². The van der Waals surface area contributed by atoms with Crippen LogP contribution in [0.15, 0.2) is 78.5 Å². The lowest BCUT2D eigenvalue weighted by Crippen LogP contribution is -2.60. The van der Waals surface area contributed by atoms with Crippen LogP contribution in [0.1, 0.15) is 94.1 Å². The van der Waals surface area contributed by atoms with Gasteiger partial charge in [0.25, 0.3) is 5.69 Å². The summed E-state index contributed by atoms with van der Waals surface area (Å²) in [4.78, 5) is 51.5. The van der Waals surface area contributed by atoms with Crippen molar-refractivity contribution in [3.05, 3.63) is 99.9 Å². The minimum Gasteiger partial charge on any atom is -0.506 e. The number of carbonyl (C=O) groups is 3. The molecule has 75 heavy (non-hydrogen) atoms. The van der Waals surface area contributed by atoms with Gasteiger partial charge in [-0.1, -0.05) is 62.4 Å². The molecule has 2 aliphatic heterocycles. The number of carboxylic acid groups (broad SMARTS) is 1. The van der Waals surface area contributed by atoms with Crippen molar-refractivity contribution in [1.82, 2.24) is 24.9 Å². The highest BCUT2D eigenvalue weighted by atomic mass is 16.7. The molecule has 7 N–H and O–H groups in total. The maximum Gasteiger partial charge on any atom is 0.338 e. The Kier molecular flexibility index (Phi) is 18.5. The van der Waals surface area contributed by atoms with Crippen molar-refractivity contribution in [2.24, 2.45) is 17.8 Å².